The number of hydrogen-bond acceptors (Lipinski definition) is 3. The Labute approximate surface area is 151 Å². The molecule has 0 saturated carbocycles. The average Bonchev–Trinajstić information content (AvgIpc) is 2.67. The molecule has 0 radical (unpaired) electrons. The zero-order chi connectivity index (χ0) is 18.5. The summed E-state index contributed by atoms with van der Waals surface area (Å²) < 4.78 is 5.94. The van der Waals surface area contributed by atoms with E-state index in [1.54, 1.807) is 12.1 Å². The van der Waals surface area contributed by atoms with Gasteiger partial charge in [0.2, 0.25) is 0 Å². The van der Waals surface area contributed by atoms with E-state index in [0.29, 0.717) is 23.5 Å². The van der Waals surface area contributed by atoms with Crippen molar-refractivity contribution in [3.63, 3.8) is 0 Å². The molecule has 0 fully saturated rings. The number of hydrogen-bond donors (Lipinski definition) is 1. The molecule has 0 unspecified atom stereocenters. The highest BCUT2D eigenvalue weighted by Gasteiger charge is 2.13. The van der Waals surface area contributed by atoms with Gasteiger partial charge in [-0.1, -0.05) is 49.4 Å². The van der Waals surface area contributed by atoms with Gasteiger partial charge < -0.3 is 9.84 Å². The van der Waals surface area contributed by atoms with Crippen LogP contribution in [-0.4, -0.2) is 11.1 Å². The van der Waals surface area contributed by atoms with Crippen LogP contribution < -0.4 is 4.74 Å². The molecule has 0 bridgehead atoms. The number of fused-ring (bicyclic) bond motifs is 1. The number of allylic oxidation sites excluding steroid dienone is 1. The van der Waals surface area contributed by atoms with Gasteiger partial charge >= 0.3 is 5.97 Å². The van der Waals surface area contributed by atoms with Gasteiger partial charge in [0.05, 0.1) is 17.7 Å². The zero-order valence-electron chi connectivity index (χ0n) is 14.3. The third kappa shape index (κ3) is 3.57. The van der Waals surface area contributed by atoms with Crippen molar-refractivity contribution in [1.82, 2.24) is 0 Å². The van der Waals surface area contributed by atoms with Crippen molar-refractivity contribution < 1.29 is 14.6 Å². The third-order valence-electron chi connectivity index (χ3n) is 4.07. The molecule has 128 valence electrons. The molecule has 0 aliphatic heterocycles. The summed E-state index contributed by atoms with van der Waals surface area (Å²) in [6, 6.07) is 21.1. The van der Waals surface area contributed by atoms with Crippen molar-refractivity contribution in [3.05, 3.63) is 78.1 Å². The summed E-state index contributed by atoms with van der Waals surface area (Å²) >= 11 is 0. The first-order chi connectivity index (χ1) is 12.6. The summed E-state index contributed by atoms with van der Waals surface area (Å²) in [5, 5.41) is 20.1. The van der Waals surface area contributed by atoms with E-state index in [1.807, 2.05) is 55.5 Å². The Morgan fingerprint density at radius 2 is 1.85 bits per heavy atom. The minimum Gasteiger partial charge on any atom is -0.478 e. The number of benzene rings is 3. The molecule has 3 aromatic carbocycles. The lowest BCUT2D eigenvalue weighted by Gasteiger charge is -2.15. The van der Waals surface area contributed by atoms with E-state index in [4.69, 9.17) is 15.1 Å². The van der Waals surface area contributed by atoms with E-state index in [2.05, 4.69) is 6.07 Å². The van der Waals surface area contributed by atoms with Crippen LogP contribution in [0.4, 0.5) is 0 Å². The first kappa shape index (κ1) is 17.2. The van der Waals surface area contributed by atoms with Crippen molar-refractivity contribution in [2.24, 2.45) is 0 Å². The maximum absolute atomic E-state index is 11.0. The topological polar surface area (TPSA) is 70.3 Å². The van der Waals surface area contributed by atoms with Crippen LogP contribution in [0, 0.1) is 11.3 Å². The van der Waals surface area contributed by atoms with Gasteiger partial charge in [-0.05, 0) is 34.5 Å². The maximum atomic E-state index is 11.0. The van der Waals surface area contributed by atoms with E-state index in [0.717, 1.165) is 28.0 Å². The average molecular weight is 343 g/mol. The van der Waals surface area contributed by atoms with Crippen LogP contribution in [0.5, 0.6) is 5.75 Å². The standard InChI is InChI=1S/C22H17NO3/c1-2-18(13-21(24)25)26-20-12-11-16-5-3-4-6-19(16)22(20)17-9-7-15(14-23)8-10-17/h3-13H,2H2,1H3,(H,24,25)/b18-13+. The van der Waals surface area contributed by atoms with E-state index in [-0.39, 0.29) is 0 Å². The molecule has 4 heteroatoms. The Bertz CT molecular complexity index is 1030. The number of rotatable bonds is 5. The van der Waals surface area contributed by atoms with E-state index >= 15 is 0 Å². The third-order valence-corrected chi connectivity index (χ3v) is 4.07. The van der Waals surface area contributed by atoms with Crippen LogP contribution in [0.25, 0.3) is 21.9 Å². The molecule has 3 rings (SSSR count). The Balaban J connectivity index is 2.19. The van der Waals surface area contributed by atoms with Gasteiger partial charge in [-0.25, -0.2) is 4.79 Å². The van der Waals surface area contributed by atoms with Crippen molar-refractivity contribution >= 4 is 16.7 Å². The molecule has 0 aliphatic rings. The van der Waals surface area contributed by atoms with Gasteiger partial charge in [-0.3, -0.25) is 0 Å². The van der Waals surface area contributed by atoms with Gasteiger partial charge in [-0.2, -0.15) is 5.26 Å². The lowest BCUT2D eigenvalue weighted by atomic mass is 9.96. The highest BCUT2D eigenvalue weighted by molar-refractivity contribution is 5.99. The second kappa shape index (κ2) is 7.54. The molecule has 0 amide bonds. The van der Waals surface area contributed by atoms with E-state index in [9.17, 15) is 4.79 Å². The molecule has 4 nitrogen and oxygen atoms in total. The zero-order valence-corrected chi connectivity index (χ0v) is 14.3. The minimum atomic E-state index is -1.04. The highest BCUT2D eigenvalue weighted by Crippen LogP contribution is 2.38. The first-order valence-corrected chi connectivity index (χ1v) is 8.26. The quantitative estimate of drug-likeness (QED) is 0.514. The molecule has 0 aliphatic carbocycles. The summed E-state index contributed by atoms with van der Waals surface area (Å²) in [7, 11) is 0. The molecular formula is C22H17NO3. The number of aliphatic carboxylic acids is 1. The maximum Gasteiger partial charge on any atom is 0.331 e. The molecule has 3 aromatic rings. The summed E-state index contributed by atoms with van der Waals surface area (Å²) in [4.78, 5) is 11.0. The van der Waals surface area contributed by atoms with Gasteiger partial charge in [0, 0.05) is 12.0 Å². The molecule has 0 saturated heterocycles. The second-order valence-electron chi connectivity index (χ2n) is 5.75. The fourth-order valence-electron chi connectivity index (χ4n) is 2.83. The number of carbonyl (C=O) groups is 1. The second-order valence-corrected chi connectivity index (χ2v) is 5.75. The Hall–Kier alpha value is -3.58. The van der Waals surface area contributed by atoms with Gasteiger partial charge in [0.15, 0.2) is 0 Å². The number of carboxylic acids is 1. The minimum absolute atomic E-state index is 0.377. The lowest BCUT2D eigenvalue weighted by Crippen LogP contribution is -2.00. The van der Waals surface area contributed by atoms with Crippen LogP contribution in [0.3, 0.4) is 0 Å². The Morgan fingerprint density at radius 3 is 2.50 bits per heavy atom. The van der Waals surface area contributed by atoms with Gasteiger partial charge in [0.25, 0.3) is 0 Å². The number of carboxylic acid groups (broad SMARTS) is 1. The monoisotopic (exact) mass is 343 g/mol. The predicted octanol–water partition coefficient (Wildman–Crippen LogP) is 5.14. The van der Waals surface area contributed by atoms with Crippen molar-refractivity contribution in [2.45, 2.75) is 13.3 Å². The molecule has 0 heterocycles. The summed E-state index contributed by atoms with van der Waals surface area (Å²) in [5.74, 6) is -0.0759. The fourth-order valence-corrected chi connectivity index (χ4v) is 2.83. The number of nitriles is 1. The van der Waals surface area contributed by atoms with E-state index in [1.165, 1.54) is 0 Å². The first-order valence-electron chi connectivity index (χ1n) is 8.26. The lowest BCUT2D eigenvalue weighted by molar-refractivity contribution is -0.131. The Morgan fingerprint density at radius 1 is 1.12 bits per heavy atom. The molecule has 0 aromatic heterocycles. The summed E-state index contributed by atoms with van der Waals surface area (Å²) in [6.45, 7) is 1.84. The van der Waals surface area contributed by atoms with Crippen molar-refractivity contribution in [1.29, 1.82) is 5.26 Å². The molecule has 1 N–H and O–H groups in total. The molecule has 0 atom stereocenters. The van der Waals surface area contributed by atoms with Gasteiger partial charge in [0.1, 0.15) is 11.5 Å². The highest BCUT2D eigenvalue weighted by atomic mass is 16.5. The van der Waals surface area contributed by atoms with Crippen LogP contribution in [-0.2, 0) is 4.79 Å². The largest absolute Gasteiger partial charge is 0.478 e. The number of nitrogens with zero attached hydrogens (tertiary/aromatic N) is 1. The molecule has 0 spiro atoms. The fraction of sp³-hybridized carbons (Fsp3) is 0.0909. The summed E-state index contributed by atoms with van der Waals surface area (Å²) in [6.07, 6.45) is 1.55. The van der Waals surface area contributed by atoms with Crippen LogP contribution in [0.2, 0.25) is 0 Å². The van der Waals surface area contributed by atoms with Crippen LogP contribution in [0.1, 0.15) is 18.9 Å². The van der Waals surface area contributed by atoms with Crippen LogP contribution in [0.15, 0.2) is 72.5 Å². The Kier molecular flexibility index (Phi) is 5.00. The molecule has 26 heavy (non-hydrogen) atoms. The van der Waals surface area contributed by atoms with E-state index < -0.39 is 5.97 Å². The molecular weight excluding hydrogens is 326 g/mol. The predicted molar refractivity (Wildman–Crippen MR) is 101 cm³/mol. The normalized spacial score (nSPS) is 11.2. The van der Waals surface area contributed by atoms with Gasteiger partial charge in [-0.15, -0.1) is 0 Å². The SMILES string of the molecule is CC/C(=C\C(=O)O)Oc1ccc2ccccc2c1-c1ccc(C#N)cc1. The summed E-state index contributed by atoms with van der Waals surface area (Å²) in [5.41, 5.74) is 2.36. The van der Waals surface area contributed by atoms with Crippen molar-refractivity contribution in [2.75, 3.05) is 0 Å². The number of ether oxygens (including phenoxy) is 1. The van der Waals surface area contributed by atoms with Crippen LogP contribution >= 0.6 is 0 Å². The van der Waals surface area contributed by atoms with Crippen molar-refractivity contribution in [3.8, 4) is 22.9 Å². The smallest absolute Gasteiger partial charge is 0.331 e.